The number of nitriles is 1. The van der Waals surface area contributed by atoms with E-state index in [0.717, 1.165) is 28.6 Å². The fraction of sp³-hybridized carbons (Fsp3) is 0.429. The smallest absolute Gasteiger partial charge is 0.214 e. The lowest BCUT2D eigenvalue weighted by molar-refractivity contribution is 0.413. The van der Waals surface area contributed by atoms with Crippen LogP contribution in [0.3, 0.4) is 0 Å². The number of tetrazole rings is 1. The summed E-state index contributed by atoms with van der Waals surface area (Å²) in [6, 6.07) is 7.95. The van der Waals surface area contributed by atoms with E-state index in [0.29, 0.717) is 11.6 Å². The highest BCUT2D eigenvalue weighted by Gasteiger charge is 2.22. The van der Waals surface area contributed by atoms with Crippen LogP contribution in [-0.4, -0.2) is 27.3 Å². The molecule has 108 valence electrons. The van der Waals surface area contributed by atoms with E-state index in [1.807, 2.05) is 10.7 Å². The van der Waals surface area contributed by atoms with Crippen LogP contribution in [0.15, 0.2) is 28.3 Å². The second-order valence-electron chi connectivity index (χ2n) is 4.92. The number of rotatable bonds is 4. The van der Waals surface area contributed by atoms with Crippen LogP contribution in [0.2, 0.25) is 0 Å². The first-order valence-electron chi connectivity index (χ1n) is 6.85. The van der Waals surface area contributed by atoms with Gasteiger partial charge in [-0.25, -0.2) is 4.68 Å². The van der Waals surface area contributed by atoms with E-state index >= 15 is 0 Å². The molecule has 1 aliphatic carbocycles. The highest BCUT2D eigenvalue weighted by molar-refractivity contribution is 7.99. The van der Waals surface area contributed by atoms with E-state index in [2.05, 4.69) is 21.6 Å². The Hall–Kier alpha value is -2.07. The minimum atomic E-state index is 0.374. The second-order valence-corrected chi connectivity index (χ2v) is 5.93. The van der Waals surface area contributed by atoms with Gasteiger partial charge in [0, 0.05) is 4.90 Å². The van der Waals surface area contributed by atoms with E-state index in [4.69, 9.17) is 4.74 Å². The first kappa shape index (κ1) is 13.9. The lowest BCUT2D eigenvalue weighted by Gasteiger charge is -2.11. The molecule has 6 nitrogen and oxygen atoms in total. The zero-order valence-electron chi connectivity index (χ0n) is 11.7. The van der Waals surface area contributed by atoms with E-state index in [1.165, 1.54) is 24.6 Å². The molecule has 1 saturated carbocycles. The monoisotopic (exact) mass is 301 g/mol. The molecular formula is C14H15N5OS. The molecule has 1 fully saturated rings. The lowest BCUT2D eigenvalue weighted by Crippen LogP contribution is -2.08. The molecular weight excluding hydrogens is 286 g/mol. The lowest BCUT2D eigenvalue weighted by atomic mass is 10.2. The number of methoxy groups -OCH3 is 1. The first-order chi connectivity index (χ1) is 10.3. The van der Waals surface area contributed by atoms with Crippen LogP contribution >= 0.6 is 11.8 Å². The van der Waals surface area contributed by atoms with Crippen LogP contribution in [-0.2, 0) is 0 Å². The quantitative estimate of drug-likeness (QED) is 0.864. The van der Waals surface area contributed by atoms with Crippen LogP contribution in [0.25, 0.3) is 0 Å². The average Bonchev–Trinajstić information content (AvgIpc) is 3.17. The molecule has 1 heterocycles. The third kappa shape index (κ3) is 2.85. The van der Waals surface area contributed by atoms with Crippen LogP contribution < -0.4 is 4.74 Å². The molecule has 2 aromatic rings. The molecule has 21 heavy (non-hydrogen) atoms. The molecule has 0 amide bonds. The predicted octanol–water partition coefficient (Wildman–Crippen LogP) is 2.82. The summed E-state index contributed by atoms with van der Waals surface area (Å²) in [7, 11) is 1.61. The fourth-order valence-electron chi connectivity index (χ4n) is 2.54. The Balaban J connectivity index is 1.90. The second kappa shape index (κ2) is 6.14. The third-order valence-electron chi connectivity index (χ3n) is 3.64. The summed E-state index contributed by atoms with van der Waals surface area (Å²) in [6.07, 6.45) is 4.66. The zero-order valence-corrected chi connectivity index (χ0v) is 12.5. The van der Waals surface area contributed by atoms with Gasteiger partial charge in [-0.15, -0.1) is 5.10 Å². The molecule has 0 atom stereocenters. The topological polar surface area (TPSA) is 76.6 Å². The molecule has 1 aliphatic rings. The Morgan fingerprint density at radius 3 is 2.90 bits per heavy atom. The Bertz CT molecular complexity index is 672. The average molecular weight is 301 g/mol. The summed E-state index contributed by atoms with van der Waals surface area (Å²) in [4.78, 5) is 0.811. The molecule has 0 saturated heterocycles. The fourth-order valence-corrected chi connectivity index (χ4v) is 3.49. The predicted molar refractivity (Wildman–Crippen MR) is 77.2 cm³/mol. The summed E-state index contributed by atoms with van der Waals surface area (Å²) >= 11 is 1.41. The maximum Gasteiger partial charge on any atom is 0.214 e. The van der Waals surface area contributed by atoms with Crippen molar-refractivity contribution < 1.29 is 4.74 Å². The Kier molecular flexibility index (Phi) is 4.06. The van der Waals surface area contributed by atoms with Crippen LogP contribution in [0.1, 0.15) is 37.3 Å². The van der Waals surface area contributed by atoms with Crippen molar-refractivity contribution in [2.75, 3.05) is 7.11 Å². The molecule has 0 unspecified atom stereocenters. The van der Waals surface area contributed by atoms with Gasteiger partial charge in [-0.05, 0) is 53.2 Å². The minimum absolute atomic E-state index is 0.374. The van der Waals surface area contributed by atoms with Crippen molar-refractivity contribution in [1.82, 2.24) is 20.2 Å². The highest BCUT2D eigenvalue weighted by Crippen LogP contribution is 2.35. The van der Waals surface area contributed by atoms with Gasteiger partial charge in [-0.1, -0.05) is 12.8 Å². The van der Waals surface area contributed by atoms with Crippen molar-refractivity contribution in [2.24, 2.45) is 0 Å². The first-order valence-corrected chi connectivity index (χ1v) is 7.67. The molecule has 1 aromatic carbocycles. The van der Waals surface area contributed by atoms with Gasteiger partial charge in [-0.2, -0.15) is 5.26 Å². The standard InChI is InChI=1S/C14H15N5OS/c1-20-12-7-6-10(9-15)13(8-12)21-14-16-17-18-19(14)11-4-2-3-5-11/h6-8,11H,2-5H2,1H3. The molecule has 3 rings (SSSR count). The maximum absolute atomic E-state index is 9.23. The molecule has 0 spiro atoms. The van der Waals surface area contributed by atoms with Crippen LogP contribution in [0.4, 0.5) is 0 Å². The van der Waals surface area contributed by atoms with Crippen molar-refractivity contribution in [1.29, 1.82) is 5.26 Å². The van der Waals surface area contributed by atoms with Crippen molar-refractivity contribution in [2.45, 2.75) is 41.8 Å². The number of ether oxygens (including phenoxy) is 1. The summed E-state index contributed by atoms with van der Waals surface area (Å²) in [5.74, 6) is 0.719. The van der Waals surface area contributed by atoms with Gasteiger partial charge in [0.05, 0.1) is 18.7 Å². The largest absolute Gasteiger partial charge is 0.497 e. The van der Waals surface area contributed by atoms with Crippen LogP contribution in [0, 0.1) is 11.3 Å². The molecule has 1 aromatic heterocycles. The number of hydrogen-bond acceptors (Lipinski definition) is 6. The van der Waals surface area contributed by atoms with Crippen molar-refractivity contribution in [3.8, 4) is 11.8 Å². The third-order valence-corrected chi connectivity index (χ3v) is 4.65. The maximum atomic E-state index is 9.23. The van der Waals surface area contributed by atoms with E-state index in [-0.39, 0.29) is 0 Å². The van der Waals surface area contributed by atoms with Gasteiger partial charge in [0.2, 0.25) is 5.16 Å². The van der Waals surface area contributed by atoms with Gasteiger partial charge in [0.1, 0.15) is 11.8 Å². The van der Waals surface area contributed by atoms with Gasteiger partial charge in [0.25, 0.3) is 0 Å². The number of nitrogens with zero attached hydrogens (tertiary/aromatic N) is 5. The number of hydrogen-bond donors (Lipinski definition) is 0. The Morgan fingerprint density at radius 1 is 1.38 bits per heavy atom. The summed E-state index contributed by atoms with van der Waals surface area (Å²) in [5, 5.41) is 22.0. The Labute approximate surface area is 127 Å². The Morgan fingerprint density at radius 2 is 2.19 bits per heavy atom. The van der Waals surface area contributed by atoms with E-state index < -0.39 is 0 Å². The van der Waals surface area contributed by atoms with Crippen molar-refractivity contribution in [3.05, 3.63) is 23.8 Å². The summed E-state index contributed by atoms with van der Waals surface area (Å²) < 4.78 is 7.11. The van der Waals surface area contributed by atoms with Crippen molar-refractivity contribution in [3.63, 3.8) is 0 Å². The summed E-state index contributed by atoms with van der Waals surface area (Å²) in [6.45, 7) is 0. The molecule has 0 aliphatic heterocycles. The highest BCUT2D eigenvalue weighted by atomic mass is 32.2. The zero-order chi connectivity index (χ0) is 14.7. The van der Waals surface area contributed by atoms with Gasteiger partial charge >= 0.3 is 0 Å². The van der Waals surface area contributed by atoms with Gasteiger partial charge < -0.3 is 4.74 Å². The molecule has 7 heteroatoms. The SMILES string of the molecule is COc1ccc(C#N)c(Sc2nnnn2C2CCCC2)c1. The summed E-state index contributed by atoms with van der Waals surface area (Å²) in [5.41, 5.74) is 0.599. The van der Waals surface area contributed by atoms with E-state index in [9.17, 15) is 5.26 Å². The number of aromatic nitrogens is 4. The van der Waals surface area contributed by atoms with Crippen LogP contribution in [0.5, 0.6) is 5.75 Å². The normalized spacial score (nSPS) is 15.0. The molecule has 0 radical (unpaired) electrons. The van der Waals surface area contributed by atoms with E-state index in [1.54, 1.807) is 19.2 Å². The molecule has 0 bridgehead atoms. The number of benzene rings is 1. The minimum Gasteiger partial charge on any atom is -0.497 e. The van der Waals surface area contributed by atoms with Gasteiger partial charge in [-0.3, -0.25) is 0 Å². The van der Waals surface area contributed by atoms with Crippen molar-refractivity contribution >= 4 is 11.8 Å². The molecule has 0 N–H and O–H groups in total. The van der Waals surface area contributed by atoms with Gasteiger partial charge in [0.15, 0.2) is 0 Å².